The van der Waals surface area contributed by atoms with Crippen molar-refractivity contribution in [3.05, 3.63) is 53.3 Å². The van der Waals surface area contributed by atoms with E-state index in [0.29, 0.717) is 6.42 Å². The molecule has 18 heavy (non-hydrogen) atoms. The normalized spacial score (nSPS) is 12.4. The van der Waals surface area contributed by atoms with Crippen LogP contribution >= 0.6 is 0 Å². The molecule has 2 N–H and O–H groups in total. The first-order valence-electron chi connectivity index (χ1n) is 5.88. The summed E-state index contributed by atoms with van der Waals surface area (Å²) < 4.78 is 1.65. The molecule has 2 rings (SSSR count). The molecule has 4 nitrogen and oxygen atoms in total. The second-order valence-electron chi connectivity index (χ2n) is 4.55. The van der Waals surface area contributed by atoms with Crippen molar-refractivity contribution in [2.24, 2.45) is 12.8 Å². The van der Waals surface area contributed by atoms with Gasteiger partial charge in [-0.05, 0) is 12.5 Å². The van der Waals surface area contributed by atoms with Gasteiger partial charge in [0, 0.05) is 25.2 Å². The Kier molecular flexibility index (Phi) is 3.58. The van der Waals surface area contributed by atoms with Crippen molar-refractivity contribution >= 4 is 5.78 Å². The van der Waals surface area contributed by atoms with Crippen LogP contribution in [0.2, 0.25) is 0 Å². The number of aryl methyl sites for hydroxylation is 2. The van der Waals surface area contributed by atoms with Crippen LogP contribution in [0.1, 0.15) is 22.7 Å². The van der Waals surface area contributed by atoms with Crippen LogP contribution in [0.15, 0.2) is 36.7 Å². The van der Waals surface area contributed by atoms with E-state index in [1.165, 1.54) is 5.56 Å². The van der Waals surface area contributed by atoms with Crippen LogP contribution in [0.5, 0.6) is 0 Å². The predicted molar refractivity (Wildman–Crippen MR) is 70.0 cm³/mol. The minimum atomic E-state index is -0.597. The zero-order valence-electron chi connectivity index (χ0n) is 10.6. The van der Waals surface area contributed by atoms with Crippen LogP contribution in [-0.4, -0.2) is 15.6 Å². The lowest BCUT2D eigenvalue weighted by Gasteiger charge is -2.08. The number of rotatable bonds is 4. The minimum absolute atomic E-state index is 0.00635. The molecule has 0 spiro atoms. The van der Waals surface area contributed by atoms with E-state index in [4.69, 9.17) is 5.73 Å². The summed E-state index contributed by atoms with van der Waals surface area (Å²) in [6.45, 7) is 2.02. The number of carbonyl (C=O) groups is 1. The third-order valence-electron chi connectivity index (χ3n) is 2.93. The van der Waals surface area contributed by atoms with E-state index in [0.717, 1.165) is 11.1 Å². The fraction of sp³-hybridized carbons (Fsp3) is 0.286. The van der Waals surface area contributed by atoms with E-state index in [1.807, 2.05) is 31.2 Å². The Balaban J connectivity index is 2.05. The number of hydrogen-bond acceptors (Lipinski definition) is 3. The summed E-state index contributed by atoms with van der Waals surface area (Å²) in [6.07, 6.45) is 3.77. The Hall–Kier alpha value is -1.94. The van der Waals surface area contributed by atoms with Crippen LogP contribution in [0, 0.1) is 6.92 Å². The standard InChI is InChI=1S/C14H17N3O/c1-10-3-5-11(6-4-10)7-13(18)14(15)12-8-16-17(2)9-12/h3-6,8-9,14H,7,15H2,1-2H3. The molecule has 0 aliphatic rings. The number of carbonyl (C=O) groups excluding carboxylic acids is 1. The zero-order valence-corrected chi connectivity index (χ0v) is 10.6. The molecule has 0 saturated carbocycles. The monoisotopic (exact) mass is 243 g/mol. The van der Waals surface area contributed by atoms with Crippen molar-refractivity contribution < 1.29 is 4.79 Å². The van der Waals surface area contributed by atoms with Gasteiger partial charge in [0.2, 0.25) is 0 Å². The SMILES string of the molecule is Cc1ccc(CC(=O)C(N)c2cnn(C)c2)cc1. The summed E-state index contributed by atoms with van der Waals surface area (Å²) in [7, 11) is 1.81. The molecule has 0 aliphatic carbocycles. The molecule has 0 fully saturated rings. The number of benzene rings is 1. The lowest BCUT2D eigenvalue weighted by molar-refractivity contribution is -0.119. The largest absolute Gasteiger partial charge is 0.318 e. The molecule has 0 bridgehead atoms. The fourth-order valence-electron chi connectivity index (χ4n) is 1.80. The van der Waals surface area contributed by atoms with Gasteiger partial charge in [-0.2, -0.15) is 5.10 Å². The van der Waals surface area contributed by atoms with Crippen LogP contribution < -0.4 is 5.73 Å². The smallest absolute Gasteiger partial charge is 0.158 e. The topological polar surface area (TPSA) is 60.9 Å². The van der Waals surface area contributed by atoms with E-state index in [-0.39, 0.29) is 5.78 Å². The van der Waals surface area contributed by atoms with Crippen LogP contribution in [0.3, 0.4) is 0 Å². The van der Waals surface area contributed by atoms with Gasteiger partial charge in [-0.3, -0.25) is 9.48 Å². The Labute approximate surface area is 106 Å². The Morgan fingerprint density at radius 3 is 2.61 bits per heavy atom. The van der Waals surface area contributed by atoms with Crippen molar-refractivity contribution in [3.63, 3.8) is 0 Å². The van der Waals surface area contributed by atoms with E-state index < -0.39 is 6.04 Å². The second-order valence-corrected chi connectivity index (χ2v) is 4.55. The number of nitrogens with two attached hydrogens (primary N) is 1. The number of Topliss-reactive ketones (excluding diaryl/α,β-unsaturated/α-hetero) is 1. The van der Waals surface area contributed by atoms with Gasteiger partial charge in [0.25, 0.3) is 0 Å². The quantitative estimate of drug-likeness (QED) is 0.886. The van der Waals surface area contributed by atoms with Gasteiger partial charge < -0.3 is 5.73 Å². The molecule has 0 aliphatic heterocycles. The maximum Gasteiger partial charge on any atom is 0.158 e. The highest BCUT2D eigenvalue weighted by Gasteiger charge is 2.17. The first-order valence-corrected chi connectivity index (χ1v) is 5.88. The van der Waals surface area contributed by atoms with E-state index in [9.17, 15) is 4.79 Å². The maximum absolute atomic E-state index is 12.0. The molecule has 1 heterocycles. The van der Waals surface area contributed by atoms with E-state index >= 15 is 0 Å². The highest BCUT2D eigenvalue weighted by Crippen LogP contribution is 2.13. The van der Waals surface area contributed by atoms with E-state index in [1.54, 1.807) is 24.1 Å². The molecule has 1 aromatic carbocycles. The second kappa shape index (κ2) is 5.14. The van der Waals surface area contributed by atoms with Crippen LogP contribution in [-0.2, 0) is 18.3 Å². The average molecular weight is 243 g/mol. The number of hydrogen-bond donors (Lipinski definition) is 1. The van der Waals surface area contributed by atoms with Crippen molar-refractivity contribution in [1.29, 1.82) is 0 Å². The molecule has 0 radical (unpaired) electrons. The van der Waals surface area contributed by atoms with Crippen molar-refractivity contribution in [2.45, 2.75) is 19.4 Å². The molecule has 0 saturated heterocycles. The molecule has 94 valence electrons. The van der Waals surface area contributed by atoms with Crippen LogP contribution in [0.4, 0.5) is 0 Å². The third-order valence-corrected chi connectivity index (χ3v) is 2.93. The number of nitrogens with zero attached hydrogens (tertiary/aromatic N) is 2. The van der Waals surface area contributed by atoms with Crippen molar-refractivity contribution in [1.82, 2.24) is 9.78 Å². The van der Waals surface area contributed by atoms with Crippen molar-refractivity contribution in [2.75, 3.05) is 0 Å². The van der Waals surface area contributed by atoms with E-state index in [2.05, 4.69) is 5.10 Å². The molecular weight excluding hydrogens is 226 g/mol. The molecule has 1 aromatic heterocycles. The summed E-state index contributed by atoms with van der Waals surface area (Å²) in [4.78, 5) is 12.0. The summed E-state index contributed by atoms with van der Waals surface area (Å²) in [6, 6.07) is 7.32. The molecular formula is C14H17N3O. The van der Waals surface area contributed by atoms with Crippen LogP contribution in [0.25, 0.3) is 0 Å². The average Bonchev–Trinajstić information content (AvgIpc) is 2.78. The molecule has 0 amide bonds. The van der Waals surface area contributed by atoms with Gasteiger partial charge in [-0.1, -0.05) is 29.8 Å². The maximum atomic E-state index is 12.0. The Bertz CT molecular complexity index is 542. The fourth-order valence-corrected chi connectivity index (χ4v) is 1.80. The van der Waals surface area contributed by atoms with Gasteiger partial charge in [-0.25, -0.2) is 0 Å². The summed E-state index contributed by atoms with van der Waals surface area (Å²) in [5.41, 5.74) is 8.86. The van der Waals surface area contributed by atoms with Gasteiger partial charge in [0.15, 0.2) is 5.78 Å². The lowest BCUT2D eigenvalue weighted by Crippen LogP contribution is -2.22. The van der Waals surface area contributed by atoms with Crippen molar-refractivity contribution in [3.8, 4) is 0 Å². The first-order chi connectivity index (χ1) is 8.56. The predicted octanol–water partition coefficient (Wildman–Crippen LogP) is 1.54. The highest BCUT2D eigenvalue weighted by molar-refractivity contribution is 5.86. The van der Waals surface area contributed by atoms with Gasteiger partial charge in [0.1, 0.15) is 0 Å². The number of ketones is 1. The number of aromatic nitrogens is 2. The zero-order chi connectivity index (χ0) is 13.1. The van der Waals surface area contributed by atoms with Gasteiger partial charge in [0.05, 0.1) is 12.2 Å². The Morgan fingerprint density at radius 2 is 2.06 bits per heavy atom. The molecule has 1 atom stereocenters. The summed E-state index contributed by atoms with van der Waals surface area (Å²) in [5, 5.41) is 4.02. The molecule has 4 heteroatoms. The lowest BCUT2D eigenvalue weighted by atomic mass is 10.00. The third kappa shape index (κ3) is 2.84. The Morgan fingerprint density at radius 1 is 1.39 bits per heavy atom. The summed E-state index contributed by atoms with van der Waals surface area (Å²) >= 11 is 0. The molecule has 1 unspecified atom stereocenters. The first kappa shape index (κ1) is 12.5. The van der Waals surface area contributed by atoms with Gasteiger partial charge in [-0.15, -0.1) is 0 Å². The highest BCUT2D eigenvalue weighted by atomic mass is 16.1. The molecule has 2 aromatic rings. The van der Waals surface area contributed by atoms with Gasteiger partial charge >= 0.3 is 0 Å². The summed E-state index contributed by atoms with van der Waals surface area (Å²) in [5.74, 6) is 0.00635. The minimum Gasteiger partial charge on any atom is -0.318 e.